The maximum atomic E-state index is 14.6. The van der Waals surface area contributed by atoms with Crippen molar-refractivity contribution < 1.29 is 9.18 Å². The van der Waals surface area contributed by atoms with Gasteiger partial charge in [-0.1, -0.05) is 54.2 Å². The van der Waals surface area contributed by atoms with E-state index in [2.05, 4.69) is 21.6 Å². The quantitative estimate of drug-likeness (QED) is 0.355. The van der Waals surface area contributed by atoms with Gasteiger partial charge in [0.25, 0.3) is 0 Å². The summed E-state index contributed by atoms with van der Waals surface area (Å²) in [6.07, 6.45) is 0.901. The van der Waals surface area contributed by atoms with Crippen LogP contribution in [0.4, 0.5) is 4.39 Å². The number of thiophene rings is 1. The molecule has 8 heteroatoms. The van der Waals surface area contributed by atoms with E-state index in [4.69, 9.17) is 0 Å². The van der Waals surface area contributed by atoms with Crippen LogP contribution < -0.4 is 0 Å². The predicted octanol–water partition coefficient (Wildman–Crippen LogP) is 5.26. The van der Waals surface area contributed by atoms with Crippen molar-refractivity contribution in [2.24, 2.45) is 0 Å². The molecule has 0 radical (unpaired) electrons. The fraction of sp³-hybridized carbons (Fsp3) is 0.240. The van der Waals surface area contributed by atoms with Crippen molar-refractivity contribution in [2.45, 2.75) is 36.8 Å². The van der Waals surface area contributed by atoms with Crippen molar-refractivity contribution in [3.63, 3.8) is 0 Å². The highest BCUT2D eigenvalue weighted by atomic mass is 32.2. The van der Waals surface area contributed by atoms with Gasteiger partial charge in [0, 0.05) is 18.0 Å². The second kappa shape index (κ2) is 9.49. The Kier molecular flexibility index (Phi) is 6.28. The third-order valence-corrected chi connectivity index (χ3v) is 7.86. The minimum Gasteiger partial charge on any atom is -0.337 e. The fourth-order valence-electron chi connectivity index (χ4n) is 4.03. The van der Waals surface area contributed by atoms with Gasteiger partial charge in [-0.2, -0.15) is 0 Å². The summed E-state index contributed by atoms with van der Waals surface area (Å²) in [6.45, 7) is 3.78. The van der Waals surface area contributed by atoms with E-state index in [1.165, 1.54) is 28.3 Å². The molecule has 0 spiro atoms. The third kappa shape index (κ3) is 4.58. The molecular weight excluding hydrogens is 455 g/mol. The van der Waals surface area contributed by atoms with Crippen LogP contribution in [0.2, 0.25) is 0 Å². The van der Waals surface area contributed by atoms with Gasteiger partial charge in [0.1, 0.15) is 5.82 Å². The van der Waals surface area contributed by atoms with Crippen molar-refractivity contribution in [3.8, 4) is 11.4 Å². The Labute approximate surface area is 200 Å². The van der Waals surface area contributed by atoms with E-state index in [0.717, 1.165) is 18.5 Å². The highest BCUT2D eigenvalue weighted by Crippen LogP contribution is 2.31. The standard InChI is InChI=1S/C25H23FN4OS2/c1-17(24(31)29-13-11-22-19(16-29)12-14-32-22)33-25-28-27-23(20-9-5-6-10-21(20)26)30(25)15-18-7-3-2-4-8-18/h2-10,12,14,17H,11,13,15-16H2,1H3. The van der Waals surface area contributed by atoms with Gasteiger partial charge in [-0.3, -0.25) is 9.36 Å². The lowest BCUT2D eigenvalue weighted by Crippen LogP contribution is -2.39. The molecule has 1 aliphatic heterocycles. The zero-order valence-electron chi connectivity index (χ0n) is 18.1. The number of aromatic nitrogens is 3. The van der Waals surface area contributed by atoms with Crippen molar-refractivity contribution in [1.82, 2.24) is 19.7 Å². The number of halogens is 1. The summed E-state index contributed by atoms with van der Waals surface area (Å²) in [6, 6.07) is 18.6. The van der Waals surface area contributed by atoms with Crippen molar-refractivity contribution >= 4 is 29.0 Å². The summed E-state index contributed by atoms with van der Waals surface area (Å²) in [7, 11) is 0. The molecule has 0 saturated heterocycles. The molecule has 1 amide bonds. The van der Waals surface area contributed by atoms with Crippen molar-refractivity contribution in [1.29, 1.82) is 0 Å². The predicted molar refractivity (Wildman–Crippen MR) is 130 cm³/mol. The molecule has 1 aliphatic rings. The second-order valence-corrected chi connectivity index (χ2v) is 10.3. The van der Waals surface area contributed by atoms with E-state index in [9.17, 15) is 9.18 Å². The first kappa shape index (κ1) is 21.9. The van der Waals surface area contributed by atoms with Crippen LogP contribution in [0.25, 0.3) is 11.4 Å². The average Bonchev–Trinajstić information content (AvgIpc) is 3.46. The van der Waals surface area contributed by atoms with E-state index < -0.39 is 0 Å². The first-order chi connectivity index (χ1) is 16.1. The van der Waals surface area contributed by atoms with Crippen LogP contribution in [0.1, 0.15) is 22.9 Å². The summed E-state index contributed by atoms with van der Waals surface area (Å²) in [5, 5.41) is 11.0. The molecule has 33 heavy (non-hydrogen) atoms. The van der Waals surface area contributed by atoms with Gasteiger partial charge >= 0.3 is 0 Å². The van der Waals surface area contributed by atoms with Gasteiger partial charge in [0.05, 0.1) is 17.4 Å². The highest BCUT2D eigenvalue weighted by Gasteiger charge is 2.28. The summed E-state index contributed by atoms with van der Waals surface area (Å²) in [5.74, 6) is 0.193. The van der Waals surface area contributed by atoms with Crippen molar-refractivity contribution in [3.05, 3.63) is 87.9 Å². The number of benzene rings is 2. The molecule has 5 nitrogen and oxygen atoms in total. The lowest BCUT2D eigenvalue weighted by Gasteiger charge is -2.29. The van der Waals surface area contributed by atoms with Gasteiger partial charge in [0.2, 0.25) is 5.91 Å². The number of nitrogens with zero attached hydrogens (tertiary/aromatic N) is 4. The molecule has 2 aromatic carbocycles. The molecular formula is C25H23FN4OS2. The molecule has 1 atom stereocenters. The number of carbonyl (C=O) groups excluding carboxylic acids is 1. The molecule has 4 aromatic rings. The monoisotopic (exact) mass is 478 g/mol. The number of amides is 1. The number of fused-ring (bicyclic) bond motifs is 1. The number of carbonyl (C=O) groups is 1. The molecule has 0 aliphatic carbocycles. The molecule has 3 heterocycles. The van der Waals surface area contributed by atoms with Crippen LogP contribution in [0.15, 0.2) is 71.2 Å². The van der Waals surface area contributed by atoms with Gasteiger partial charge in [0.15, 0.2) is 11.0 Å². The highest BCUT2D eigenvalue weighted by molar-refractivity contribution is 8.00. The smallest absolute Gasteiger partial charge is 0.236 e. The second-order valence-electron chi connectivity index (χ2n) is 8.00. The van der Waals surface area contributed by atoms with Crippen LogP contribution in [-0.2, 0) is 24.3 Å². The van der Waals surface area contributed by atoms with Gasteiger partial charge in [-0.05, 0) is 48.1 Å². The Bertz CT molecular complexity index is 1270. The van der Waals surface area contributed by atoms with E-state index in [-0.39, 0.29) is 17.0 Å². The van der Waals surface area contributed by atoms with Crippen LogP contribution in [0.5, 0.6) is 0 Å². The van der Waals surface area contributed by atoms with E-state index in [1.54, 1.807) is 29.5 Å². The fourth-order valence-corrected chi connectivity index (χ4v) is 5.85. The molecule has 1 unspecified atom stereocenters. The first-order valence-corrected chi connectivity index (χ1v) is 12.6. The van der Waals surface area contributed by atoms with Crippen LogP contribution in [0, 0.1) is 5.82 Å². The summed E-state index contributed by atoms with van der Waals surface area (Å²) in [5.41, 5.74) is 2.69. The van der Waals surface area contributed by atoms with E-state index in [0.29, 0.717) is 29.6 Å². The normalized spacial score (nSPS) is 14.2. The molecule has 5 rings (SSSR count). The molecule has 0 bridgehead atoms. The minimum atomic E-state index is -0.347. The minimum absolute atomic E-state index is 0.0820. The summed E-state index contributed by atoms with van der Waals surface area (Å²) >= 11 is 3.13. The first-order valence-electron chi connectivity index (χ1n) is 10.8. The molecule has 0 N–H and O–H groups in total. The molecule has 0 saturated carbocycles. The maximum Gasteiger partial charge on any atom is 0.236 e. The van der Waals surface area contributed by atoms with Gasteiger partial charge < -0.3 is 4.90 Å². The van der Waals surface area contributed by atoms with Crippen LogP contribution in [0.3, 0.4) is 0 Å². The largest absolute Gasteiger partial charge is 0.337 e. The zero-order valence-corrected chi connectivity index (χ0v) is 19.8. The molecule has 0 fully saturated rings. The van der Waals surface area contributed by atoms with Gasteiger partial charge in [-0.15, -0.1) is 21.5 Å². The lowest BCUT2D eigenvalue weighted by atomic mass is 10.1. The summed E-state index contributed by atoms with van der Waals surface area (Å²) in [4.78, 5) is 16.5. The Hall–Kier alpha value is -2.97. The zero-order chi connectivity index (χ0) is 22.8. The van der Waals surface area contributed by atoms with Crippen LogP contribution in [-0.4, -0.2) is 37.4 Å². The van der Waals surface area contributed by atoms with Crippen molar-refractivity contribution in [2.75, 3.05) is 6.54 Å². The molecule has 2 aromatic heterocycles. The number of thioether (sulfide) groups is 1. The Morgan fingerprint density at radius 3 is 2.73 bits per heavy atom. The van der Waals surface area contributed by atoms with E-state index in [1.807, 2.05) is 46.7 Å². The summed E-state index contributed by atoms with van der Waals surface area (Å²) < 4.78 is 16.5. The number of hydrogen-bond acceptors (Lipinski definition) is 5. The third-order valence-electron chi connectivity index (χ3n) is 5.76. The Balaban J connectivity index is 1.41. The number of hydrogen-bond donors (Lipinski definition) is 0. The maximum absolute atomic E-state index is 14.6. The van der Waals surface area contributed by atoms with E-state index >= 15 is 0 Å². The molecule has 168 valence electrons. The Morgan fingerprint density at radius 2 is 1.91 bits per heavy atom. The number of rotatable bonds is 6. The SMILES string of the molecule is CC(Sc1nnc(-c2ccccc2F)n1Cc1ccccc1)C(=O)N1CCc2sccc2C1. The lowest BCUT2D eigenvalue weighted by molar-refractivity contribution is -0.131. The van der Waals surface area contributed by atoms with Crippen LogP contribution >= 0.6 is 23.1 Å². The van der Waals surface area contributed by atoms with Gasteiger partial charge in [-0.25, -0.2) is 4.39 Å². The Morgan fingerprint density at radius 1 is 1.12 bits per heavy atom. The topological polar surface area (TPSA) is 51.0 Å². The average molecular weight is 479 g/mol.